The molecule has 1 aliphatic heterocycles. The van der Waals surface area contributed by atoms with Crippen molar-refractivity contribution in [3.05, 3.63) is 85.6 Å². The molecule has 0 saturated carbocycles. The van der Waals surface area contributed by atoms with E-state index >= 15 is 0 Å². The highest BCUT2D eigenvalue weighted by Crippen LogP contribution is 2.36. The molecule has 0 bridgehead atoms. The summed E-state index contributed by atoms with van der Waals surface area (Å²) in [5.74, 6) is -0.545. The third-order valence-electron chi connectivity index (χ3n) is 5.99. The Kier molecular flexibility index (Phi) is 8.67. The van der Waals surface area contributed by atoms with Crippen molar-refractivity contribution >= 4 is 40.6 Å². The summed E-state index contributed by atoms with van der Waals surface area (Å²) in [6.07, 6.45) is -0.413. The number of nitrogens with zero attached hydrogens (tertiary/aromatic N) is 3. The van der Waals surface area contributed by atoms with Gasteiger partial charge in [0.1, 0.15) is 23.2 Å². The maximum Gasteiger partial charge on any atom is 0.421 e. The van der Waals surface area contributed by atoms with Crippen LogP contribution in [0, 0.1) is 0 Å². The molecule has 12 heteroatoms. The normalized spacial score (nSPS) is 13.7. The predicted molar refractivity (Wildman–Crippen MR) is 146 cm³/mol. The number of nitrogens with one attached hydrogen (secondary N) is 3. The predicted octanol–water partition coefficient (Wildman–Crippen LogP) is 5.66. The van der Waals surface area contributed by atoms with Crippen molar-refractivity contribution in [2.75, 3.05) is 29.0 Å². The fraction of sp³-hybridized carbons (Fsp3) is 0.214. The summed E-state index contributed by atoms with van der Waals surface area (Å²) in [6.45, 7) is 8.01. The average Bonchev–Trinajstić information content (AvgIpc) is 2.93. The van der Waals surface area contributed by atoms with Gasteiger partial charge in [0.05, 0.1) is 0 Å². The summed E-state index contributed by atoms with van der Waals surface area (Å²) < 4.78 is 47.2. The summed E-state index contributed by atoms with van der Waals surface area (Å²) in [5, 5.41) is 8.14. The lowest BCUT2D eigenvalue weighted by Crippen LogP contribution is -2.41. The van der Waals surface area contributed by atoms with Crippen molar-refractivity contribution in [3.8, 4) is 5.75 Å². The molecule has 9 nitrogen and oxygen atoms in total. The van der Waals surface area contributed by atoms with Crippen LogP contribution in [0.4, 0.5) is 42.0 Å². The van der Waals surface area contributed by atoms with Gasteiger partial charge in [-0.1, -0.05) is 25.3 Å². The van der Waals surface area contributed by atoms with Gasteiger partial charge in [-0.15, -0.1) is 0 Å². The Morgan fingerprint density at radius 1 is 0.975 bits per heavy atom. The Morgan fingerprint density at radius 3 is 2.33 bits per heavy atom. The smallest absolute Gasteiger partial charge is 0.421 e. The van der Waals surface area contributed by atoms with Crippen LogP contribution in [-0.4, -0.2) is 45.9 Å². The van der Waals surface area contributed by atoms with E-state index in [2.05, 4.69) is 39.1 Å². The van der Waals surface area contributed by atoms with Crippen LogP contribution in [0.15, 0.2) is 80.0 Å². The summed E-state index contributed by atoms with van der Waals surface area (Å²) in [4.78, 5) is 33.0. The zero-order valence-corrected chi connectivity index (χ0v) is 21.4. The maximum atomic E-state index is 13.7. The van der Waals surface area contributed by atoms with E-state index < -0.39 is 23.5 Å². The van der Waals surface area contributed by atoms with Crippen LogP contribution < -0.4 is 20.7 Å². The molecule has 0 atom stereocenters. The van der Waals surface area contributed by atoms with Crippen molar-refractivity contribution in [1.29, 1.82) is 0 Å². The molecule has 40 heavy (non-hydrogen) atoms. The molecule has 1 saturated heterocycles. The van der Waals surface area contributed by atoms with Crippen LogP contribution in [0.2, 0.25) is 0 Å². The minimum atomic E-state index is -4.71. The van der Waals surface area contributed by atoms with Gasteiger partial charge >= 0.3 is 6.18 Å². The number of piperidine rings is 1. The molecule has 0 radical (unpaired) electrons. The van der Waals surface area contributed by atoms with Crippen molar-refractivity contribution in [1.82, 2.24) is 14.9 Å². The summed E-state index contributed by atoms with van der Waals surface area (Å²) in [6, 6.07) is 13.1. The van der Waals surface area contributed by atoms with E-state index in [-0.39, 0.29) is 23.6 Å². The largest absolute Gasteiger partial charge is 0.490 e. The van der Waals surface area contributed by atoms with Gasteiger partial charge in [-0.25, -0.2) is 4.98 Å². The minimum absolute atomic E-state index is 0.0694. The summed E-state index contributed by atoms with van der Waals surface area (Å²) >= 11 is 0. The molecule has 2 aromatic carbocycles. The molecule has 0 spiro atoms. The molecule has 3 N–H and O–H groups in total. The number of rotatable bonds is 9. The molecular weight excluding hydrogens is 525 g/mol. The average molecular weight is 553 g/mol. The summed E-state index contributed by atoms with van der Waals surface area (Å²) in [5.41, 5.74) is 0.0902. The lowest BCUT2D eigenvalue weighted by atomic mass is 10.1. The van der Waals surface area contributed by atoms with Crippen LogP contribution in [0.1, 0.15) is 18.4 Å². The number of halogens is 3. The lowest BCUT2D eigenvalue weighted by Gasteiger charge is -2.31. The fourth-order valence-electron chi connectivity index (χ4n) is 4.04. The number of hydrogen-bond donors (Lipinski definition) is 3. The van der Waals surface area contributed by atoms with Gasteiger partial charge in [0, 0.05) is 55.3 Å². The number of amides is 2. The maximum absolute atomic E-state index is 13.7. The third kappa shape index (κ3) is 7.37. The molecule has 4 rings (SSSR count). The minimum Gasteiger partial charge on any atom is -0.490 e. The topological polar surface area (TPSA) is 108 Å². The molecular formula is C28H27F3N6O3. The molecule has 1 fully saturated rings. The second-order valence-electron chi connectivity index (χ2n) is 8.85. The number of benzene rings is 2. The Morgan fingerprint density at radius 2 is 1.65 bits per heavy atom. The van der Waals surface area contributed by atoms with Gasteiger partial charge in [-0.3, -0.25) is 9.59 Å². The second-order valence-corrected chi connectivity index (χ2v) is 8.85. The van der Waals surface area contributed by atoms with Gasteiger partial charge in [0.2, 0.25) is 17.8 Å². The van der Waals surface area contributed by atoms with E-state index in [0.29, 0.717) is 49.3 Å². The number of anilines is 5. The molecule has 3 aromatic rings. The lowest BCUT2D eigenvalue weighted by molar-refractivity contribution is -0.137. The first-order valence-corrected chi connectivity index (χ1v) is 12.3. The molecule has 2 amide bonds. The zero-order valence-electron chi connectivity index (χ0n) is 21.4. The highest BCUT2D eigenvalue weighted by molar-refractivity contribution is 5.99. The van der Waals surface area contributed by atoms with E-state index in [1.807, 2.05) is 0 Å². The van der Waals surface area contributed by atoms with Gasteiger partial charge < -0.3 is 25.6 Å². The van der Waals surface area contributed by atoms with E-state index in [9.17, 15) is 22.8 Å². The molecule has 0 unspecified atom stereocenters. The zero-order chi connectivity index (χ0) is 28.7. The van der Waals surface area contributed by atoms with Crippen LogP contribution in [0.5, 0.6) is 5.75 Å². The first-order chi connectivity index (χ1) is 19.1. The number of likely N-dealkylation sites (tertiary alicyclic amines) is 1. The number of alkyl halides is 3. The van der Waals surface area contributed by atoms with Crippen LogP contribution in [0.3, 0.4) is 0 Å². The molecule has 208 valence electrons. The Labute approximate surface area is 228 Å². The quantitative estimate of drug-likeness (QED) is 0.294. The number of carbonyl (C=O) groups is 2. The van der Waals surface area contributed by atoms with Gasteiger partial charge in [0.15, 0.2) is 0 Å². The monoisotopic (exact) mass is 552 g/mol. The third-order valence-corrected chi connectivity index (χ3v) is 5.99. The van der Waals surface area contributed by atoms with E-state index in [1.54, 1.807) is 41.3 Å². The first-order valence-electron chi connectivity index (χ1n) is 12.3. The van der Waals surface area contributed by atoms with Gasteiger partial charge in [0.25, 0.3) is 0 Å². The van der Waals surface area contributed by atoms with Crippen molar-refractivity contribution in [2.45, 2.75) is 25.1 Å². The Bertz CT molecular complexity index is 1400. The van der Waals surface area contributed by atoms with Crippen LogP contribution in [0.25, 0.3) is 0 Å². The summed E-state index contributed by atoms with van der Waals surface area (Å²) in [7, 11) is 0. The highest BCUT2D eigenvalue weighted by atomic mass is 19.4. The van der Waals surface area contributed by atoms with Gasteiger partial charge in [-0.2, -0.15) is 18.2 Å². The van der Waals surface area contributed by atoms with Crippen molar-refractivity contribution in [3.63, 3.8) is 0 Å². The van der Waals surface area contributed by atoms with Crippen LogP contribution >= 0.6 is 0 Å². The molecule has 1 aliphatic rings. The van der Waals surface area contributed by atoms with E-state index in [4.69, 9.17) is 4.74 Å². The van der Waals surface area contributed by atoms with Gasteiger partial charge in [-0.05, 0) is 42.5 Å². The Hall–Kier alpha value is -4.87. The number of hydrogen-bond acceptors (Lipinski definition) is 7. The standard InChI is InChI=1S/C28H27F3N6O3/c1-3-24(38)33-18-7-5-8-19(15-18)34-26-23(28(29,30)31)17-32-27(36-26)35-20-9-6-10-22(16-20)40-21-11-13-37(14-12-21)25(39)4-2/h3-10,15-17,21H,1-2,11-14H2,(H,33,38)(H2,32,34,35,36). The SMILES string of the molecule is C=CC(=O)Nc1cccc(Nc2nc(Nc3cccc(OC4CCN(C(=O)C=C)CC4)c3)ncc2C(F)(F)F)c1. The first kappa shape index (κ1) is 28.1. The highest BCUT2D eigenvalue weighted by Gasteiger charge is 2.35. The number of ether oxygens (including phenoxy) is 1. The van der Waals surface area contributed by atoms with Crippen LogP contribution in [-0.2, 0) is 15.8 Å². The second kappa shape index (κ2) is 12.3. The molecule has 2 heterocycles. The molecule has 0 aliphatic carbocycles. The van der Waals surface area contributed by atoms with Crippen molar-refractivity contribution in [2.24, 2.45) is 0 Å². The van der Waals surface area contributed by atoms with E-state index in [0.717, 1.165) is 6.08 Å². The number of carbonyl (C=O) groups excluding carboxylic acids is 2. The number of aromatic nitrogens is 2. The van der Waals surface area contributed by atoms with Crippen molar-refractivity contribution < 1.29 is 27.5 Å². The Balaban J connectivity index is 1.49. The fourth-order valence-corrected chi connectivity index (χ4v) is 4.04. The molecule has 1 aromatic heterocycles. The van der Waals surface area contributed by atoms with E-state index in [1.165, 1.54) is 18.2 Å².